The summed E-state index contributed by atoms with van der Waals surface area (Å²) in [6, 6.07) is -0.308. The lowest BCUT2D eigenvalue weighted by Crippen LogP contribution is -2.44. The second-order valence-corrected chi connectivity index (χ2v) is 7.19. The molecule has 1 aliphatic heterocycles. The number of anilines is 1. The summed E-state index contributed by atoms with van der Waals surface area (Å²) < 4.78 is 0. The number of piperidine rings is 1. The molecule has 1 unspecified atom stereocenters. The van der Waals surface area contributed by atoms with Gasteiger partial charge >= 0.3 is 12.0 Å². The van der Waals surface area contributed by atoms with Crippen LogP contribution in [-0.2, 0) is 10.2 Å². The first kappa shape index (κ1) is 15.7. The van der Waals surface area contributed by atoms with Crippen LogP contribution in [0.1, 0.15) is 38.6 Å². The van der Waals surface area contributed by atoms with E-state index in [4.69, 9.17) is 5.11 Å². The predicted octanol–water partition coefficient (Wildman–Crippen LogP) is 2.16. The van der Waals surface area contributed by atoms with Crippen LogP contribution in [0.2, 0.25) is 0 Å². The molecule has 1 fully saturated rings. The van der Waals surface area contributed by atoms with Gasteiger partial charge in [-0.3, -0.25) is 10.1 Å². The third-order valence-electron chi connectivity index (χ3n) is 3.34. The fourth-order valence-corrected chi connectivity index (χ4v) is 2.90. The number of urea groups is 1. The molecule has 21 heavy (non-hydrogen) atoms. The second kappa shape index (κ2) is 5.97. The molecule has 0 aliphatic carbocycles. The van der Waals surface area contributed by atoms with Crippen molar-refractivity contribution >= 4 is 28.5 Å². The molecular formula is C13H20N4O3S. The van der Waals surface area contributed by atoms with Gasteiger partial charge in [0, 0.05) is 18.5 Å². The Kier molecular flexibility index (Phi) is 4.46. The maximum absolute atomic E-state index is 12.2. The van der Waals surface area contributed by atoms with Crippen LogP contribution < -0.4 is 5.32 Å². The number of aliphatic carboxylic acids is 1. The van der Waals surface area contributed by atoms with Gasteiger partial charge in [-0.1, -0.05) is 32.1 Å². The Hall–Kier alpha value is -1.70. The molecule has 116 valence electrons. The Labute approximate surface area is 127 Å². The topological polar surface area (TPSA) is 95.4 Å². The zero-order valence-corrected chi connectivity index (χ0v) is 13.2. The Balaban J connectivity index is 1.98. The highest BCUT2D eigenvalue weighted by molar-refractivity contribution is 7.15. The Morgan fingerprint density at radius 3 is 2.67 bits per heavy atom. The van der Waals surface area contributed by atoms with E-state index in [9.17, 15) is 9.59 Å². The van der Waals surface area contributed by atoms with E-state index in [1.807, 2.05) is 20.8 Å². The summed E-state index contributed by atoms with van der Waals surface area (Å²) in [5, 5.41) is 21.1. The van der Waals surface area contributed by atoms with Crippen LogP contribution in [0.4, 0.5) is 9.93 Å². The summed E-state index contributed by atoms with van der Waals surface area (Å²) in [6.07, 6.45) is 1.32. The van der Waals surface area contributed by atoms with Crippen molar-refractivity contribution in [1.29, 1.82) is 0 Å². The molecule has 8 heteroatoms. The minimum atomic E-state index is -0.849. The fraction of sp³-hybridized carbons (Fsp3) is 0.692. The minimum absolute atomic E-state index is 0.111. The van der Waals surface area contributed by atoms with Gasteiger partial charge in [0.05, 0.1) is 5.92 Å². The smallest absolute Gasteiger partial charge is 0.323 e. The predicted molar refractivity (Wildman–Crippen MR) is 79.6 cm³/mol. The molecule has 2 heterocycles. The number of carbonyl (C=O) groups is 2. The standard InChI is InChI=1S/C13H20N4O3S/c1-13(2,3)10-15-16-11(21-10)14-12(20)17-6-4-5-8(7-17)9(18)19/h8H,4-7H2,1-3H3,(H,18,19)(H,14,16,20). The van der Waals surface area contributed by atoms with Crippen LogP contribution in [0.15, 0.2) is 0 Å². The van der Waals surface area contributed by atoms with Crippen molar-refractivity contribution < 1.29 is 14.7 Å². The lowest BCUT2D eigenvalue weighted by molar-refractivity contribution is -0.143. The zero-order valence-electron chi connectivity index (χ0n) is 12.4. The molecule has 0 radical (unpaired) electrons. The molecule has 0 spiro atoms. The van der Waals surface area contributed by atoms with E-state index >= 15 is 0 Å². The maximum Gasteiger partial charge on any atom is 0.323 e. The number of carboxylic acids is 1. The molecule has 1 aromatic rings. The highest BCUT2D eigenvalue weighted by Gasteiger charge is 2.29. The van der Waals surface area contributed by atoms with Gasteiger partial charge in [0.15, 0.2) is 0 Å². The third kappa shape index (κ3) is 3.90. The van der Waals surface area contributed by atoms with Gasteiger partial charge in [0.2, 0.25) is 5.13 Å². The lowest BCUT2D eigenvalue weighted by Gasteiger charge is -2.30. The van der Waals surface area contributed by atoms with E-state index in [1.54, 1.807) is 0 Å². The molecule has 1 aliphatic rings. The van der Waals surface area contributed by atoms with Crippen LogP contribution in [0.3, 0.4) is 0 Å². The van der Waals surface area contributed by atoms with Crippen LogP contribution in [0.5, 0.6) is 0 Å². The van der Waals surface area contributed by atoms with Crippen molar-refractivity contribution in [3.63, 3.8) is 0 Å². The first-order valence-electron chi connectivity index (χ1n) is 6.90. The highest BCUT2D eigenvalue weighted by atomic mass is 32.1. The average molecular weight is 312 g/mol. The van der Waals surface area contributed by atoms with Gasteiger partial charge in [-0.25, -0.2) is 4.79 Å². The van der Waals surface area contributed by atoms with Gasteiger partial charge in [0.1, 0.15) is 5.01 Å². The van der Waals surface area contributed by atoms with E-state index < -0.39 is 11.9 Å². The SMILES string of the molecule is CC(C)(C)c1nnc(NC(=O)N2CCCC(C(=O)O)C2)s1. The van der Waals surface area contributed by atoms with E-state index in [0.29, 0.717) is 24.5 Å². The second-order valence-electron chi connectivity index (χ2n) is 6.22. The van der Waals surface area contributed by atoms with Gasteiger partial charge in [0.25, 0.3) is 0 Å². The summed E-state index contributed by atoms with van der Waals surface area (Å²) in [6.45, 7) is 6.90. The van der Waals surface area contributed by atoms with Crippen molar-refractivity contribution in [3.05, 3.63) is 5.01 Å². The average Bonchev–Trinajstić information content (AvgIpc) is 2.87. The Bertz CT molecular complexity index is 538. The summed E-state index contributed by atoms with van der Waals surface area (Å²) >= 11 is 1.34. The summed E-state index contributed by atoms with van der Waals surface area (Å²) in [5.74, 6) is -1.33. The third-order valence-corrected chi connectivity index (χ3v) is 4.60. The van der Waals surface area contributed by atoms with Crippen LogP contribution in [0, 0.1) is 5.92 Å². The molecule has 0 aromatic carbocycles. The van der Waals surface area contributed by atoms with Crippen molar-refractivity contribution in [2.75, 3.05) is 18.4 Å². The minimum Gasteiger partial charge on any atom is -0.481 e. The molecule has 1 aromatic heterocycles. The Morgan fingerprint density at radius 1 is 1.38 bits per heavy atom. The van der Waals surface area contributed by atoms with Crippen LogP contribution >= 0.6 is 11.3 Å². The number of rotatable bonds is 2. The summed E-state index contributed by atoms with van der Waals surface area (Å²) in [4.78, 5) is 24.7. The first-order valence-corrected chi connectivity index (χ1v) is 7.72. The van der Waals surface area contributed by atoms with E-state index in [2.05, 4.69) is 15.5 Å². The van der Waals surface area contributed by atoms with Crippen LogP contribution in [0.25, 0.3) is 0 Å². The van der Waals surface area contributed by atoms with Crippen molar-refractivity contribution in [2.45, 2.75) is 39.0 Å². The van der Waals surface area contributed by atoms with E-state index in [0.717, 1.165) is 5.01 Å². The number of hydrogen-bond donors (Lipinski definition) is 2. The molecular weight excluding hydrogens is 292 g/mol. The highest BCUT2D eigenvalue weighted by Crippen LogP contribution is 2.28. The molecule has 1 atom stereocenters. The number of nitrogens with zero attached hydrogens (tertiary/aromatic N) is 3. The Morgan fingerprint density at radius 2 is 2.10 bits per heavy atom. The number of hydrogen-bond acceptors (Lipinski definition) is 5. The van der Waals surface area contributed by atoms with Crippen molar-refractivity contribution in [3.8, 4) is 0 Å². The normalized spacial score (nSPS) is 19.4. The zero-order chi connectivity index (χ0) is 15.6. The molecule has 0 bridgehead atoms. The number of amides is 2. The largest absolute Gasteiger partial charge is 0.481 e. The summed E-state index contributed by atoms with van der Waals surface area (Å²) in [7, 11) is 0. The number of likely N-dealkylation sites (tertiary alicyclic amines) is 1. The van der Waals surface area contributed by atoms with Gasteiger partial charge in [-0.2, -0.15) is 0 Å². The molecule has 0 saturated carbocycles. The number of aromatic nitrogens is 2. The number of nitrogens with one attached hydrogen (secondary N) is 1. The van der Waals surface area contributed by atoms with E-state index in [-0.39, 0.29) is 18.0 Å². The number of carboxylic acid groups (broad SMARTS) is 1. The molecule has 2 rings (SSSR count). The molecule has 2 N–H and O–H groups in total. The molecule has 2 amide bonds. The van der Waals surface area contributed by atoms with Gasteiger partial charge in [-0.15, -0.1) is 10.2 Å². The van der Waals surface area contributed by atoms with Crippen molar-refractivity contribution in [2.24, 2.45) is 5.92 Å². The first-order chi connectivity index (χ1) is 9.77. The van der Waals surface area contributed by atoms with Gasteiger partial charge in [-0.05, 0) is 12.8 Å². The maximum atomic E-state index is 12.2. The fourth-order valence-electron chi connectivity index (χ4n) is 2.11. The van der Waals surface area contributed by atoms with Crippen molar-refractivity contribution in [1.82, 2.24) is 15.1 Å². The van der Waals surface area contributed by atoms with Crippen LogP contribution in [-0.4, -0.2) is 45.3 Å². The quantitative estimate of drug-likeness (QED) is 0.872. The molecule has 1 saturated heterocycles. The van der Waals surface area contributed by atoms with Gasteiger partial charge < -0.3 is 10.0 Å². The molecule has 7 nitrogen and oxygen atoms in total. The number of carbonyl (C=O) groups excluding carboxylic acids is 1. The summed E-state index contributed by atoms with van der Waals surface area (Å²) in [5.41, 5.74) is -0.111. The van der Waals surface area contributed by atoms with E-state index in [1.165, 1.54) is 16.2 Å². The monoisotopic (exact) mass is 312 g/mol. The lowest BCUT2D eigenvalue weighted by atomic mass is 9.98.